The molecule has 3 aromatic rings. The van der Waals surface area contributed by atoms with E-state index >= 15 is 0 Å². The van der Waals surface area contributed by atoms with Gasteiger partial charge in [-0.2, -0.15) is 5.10 Å². The van der Waals surface area contributed by atoms with Crippen molar-refractivity contribution in [2.75, 3.05) is 13.1 Å². The van der Waals surface area contributed by atoms with Crippen molar-refractivity contribution < 1.29 is 31.9 Å². The fourth-order valence-electron chi connectivity index (χ4n) is 3.79. The van der Waals surface area contributed by atoms with Crippen LogP contribution in [0.5, 0.6) is 0 Å². The summed E-state index contributed by atoms with van der Waals surface area (Å²) in [7, 11) is 0. The monoisotopic (exact) mass is 471 g/mol. The summed E-state index contributed by atoms with van der Waals surface area (Å²) in [5.41, 5.74) is 1.06. The van der Waals surface area contributed by atoms with Crippen molar-refractivity contribution in [2.45, 2.75) is 19.4 Å². The average Bonchev–Trinajstić information content (AvgIpc) is 2.97. The Morgan fingerprint density at radius 1 is 0.938 bits per heavy atom. The van der Waals surface area contributed by atoms with Crippen LogP contribution in [0.2, 0.25) is 5.02 Å². The summed E-state index contributed by atoms with van der Waals surface area (Å²) < 4.78 is 70.7. The molecule has 0 saturated carbocycles. The van der Waals surface area contributed by atoms with Gasteiger partial charge in [-0.1, -0.05) is 23.7 Å². The summed E-state index contributed by atoms with van der Waals surface area (Å²) in [5.74, 6) is -10.1. The van der Waals surface area contributed by atoms with E-state index in [4.69, 9.17) is 11.6 Å². The van der Waals surface area contributed by atoms with Gasteiger partial charge in [0.2, 0.25) is 5.82 Å². The molecular weight excluding hydrogens is 457 g/mol. The topological polar surface area (TPSA) is 58.4 Å². The van der Waals surface area contributed by atoms with E-state index in [1.54, 1.807) is 24.3 Å². The Bertz CT molecular complexity index is 1180. The zero-order chi connectivity index (χ0) is 23.2. The van der Waals surface area contributed by atoms with E-state index < -0.39 is 47.3 Å². The molecule has 0 atom stereocenters. The second-order valence-corrected chi connectivity index (χ2v) is 7.69. The maximum atomic E-state index is 14.3. The van der Waals surface area contributed by atoms with Gasteiger partial charge in [-0.05, 0) is 18.6 Å². The predicted octanol–water partition coefficient (Wildman–Crippen LogP) is 5.03. The molecule has 168 valence electrons. The van der Waals surface area contributed by atoms with Gasteiger partial charge in [-0.3, -0.25) is 4.68 Å². The van der Waals surface area contributed by atoms with Gasteiger partial charge in [0.25, 0.3) is 0 Å². The third-order valence-electron chi connectivity index (χ3n) is 5.38. The van der Waals surface area contributed by atoms with Gasteiger partial charge < -0.3 is 10.0 Å². The lowest BCUT2D eigenvalue weighted by atomic mass is 10.0. The van der Waals surface area contributed by atoms with Crippen molar-refractivity contribution in [3.05, 3.63) is 75.2 Å². The van der Waals surface area contributed by atoms with Gasteiger partial charge in [0.05, 0.1) is 23.5 Å². The van der Waals surface area contributed by atoms with Gasteiger partial charge in [0.1, 0.15) is 0 Å². The third-order valence-corrected chi connectivity index (χ3v) is 5.63. The lowest BCUT2D eigenvalue weighted by molar-refractivity contribution is 0.147. The summed E-state index contributed by atoms with van der Waals surface area (Å²) in [4.78, 5) is 12.6. The van der Waals surface area contributed by atoms with Gasteiger partial charge in [0.15, 0.2) is 23.3 Å². The predicted molar refractivity (Wildman–Crippen MR) is 105 cm³/mol. The van der Waals surface area contributed by atoms with E-state index in [9.17, 15) is 31.9 Å². The maximum absolute atomic E-state index is 14.3. The number of carbonyl (C=O) groups is 1. The van der Waals surface area contributed by atoms with Crippen LogP contribution in [0.3, 0.4) is 0 Å². The van der Waals surface area contributed by atoms with E-state index in [1.165, 1.54) is 9.58 Å². The van der Waals surface area contributed by atoms with Crippen LogP contribution >= 0.6 is 11.6 Å². The van der Waals surface area contributed by atoms with E-state index in [0.717, 1.165) is 0 Å². The zero-order valence-corrected chi connectivity index (χ0v) is 17.1. The largest absolute Gasteiger partial charge is 0.465 e. The number of rotatable bonds is 3. The highest BCUT2D eigenvalue weighted by molar-refractivity contribution is 6.30. The fourth-order valence-corrected chi connectivity index (χ4v) is 3.91. The van der Waals surface area contributed by atoms with Crippen molar-refractivity contribution in [3.63, 3.8) is 0 Å². The highest BCUT2D eigenvalue weighted by Crippen LogP contribution is 2.32. The van der Waals surface area contributed by atoms with Crippen LogP contribution in [-0.2, 0) is 19.4 Å². The highest BCUT2D eigenvalue weighted by Gasteiger charge is 2.29. The fraction of sp³-hybridized carbons (Fsp3) is 0.238. The molecule has 1 aromatic heterocycles. The number of benzene rings is 2. The molecule has 0 aliphatic carbocycles. The van der Waals surface area contributed by atoms with Gasteiger partial charge in [-0.25, -0.2) is 26.7 Å². The van der Waals surface area contributed by atoms with Crippen molar-refractivity contribution in [2.24, 2.45) is 0 Å². The molecular formula is C21H15ClF5N3O2. The quantitative estimate of drug-likeness (QED) is 0.331. The second-order valence-electron chi connectivity index (χ2n) is 7.26. The number of carboxylic acid groups (broad SMARTS) is 1. The molecule has 4 rings (SSSR count). The Balaban J connectivity index is 1.85. The number of hydrogen-bond acceptors (Lipinski definition) is 2. The first-order valence-electron chi connectivity index (χ1n) is 9.51. The molecule has 2 heterocycles. The Morgan fingerprint density at radius 3 is 2.09 bits per heavy atom. The molecule has 32 heavy (non-hydrogen) atoms. The molecule has 0 unspecified atom stereocenters. The zero-order valence-electron chi connectivity index (χ0n) is 16.3. The molecule has 1 aliphatic heterocycles. The standard InChI is InChI=1S/C21H15ClF5N3O2/c22-11-3-1-10(2-4-11)20-12-5-7-29(21(31)32)8-6-14(12)28-30(20)9-13-15(23)17(25)19(27)18(26)16(13)24/h1-4H,5-9H2,(H,31,32). The molecule has 11 heteroatoms. The molecule has 2 aromatic carbocycles. The van der Waals surface area contributed by atoms with Crippen molar-refractivity contribution in [1.29, 1.82) is 0 Å². The van der Waals surface area contributed by atoms with Crippen LogP contribution in [0, 0.1) is 29.1 Å². The van der Waals surface area contributed by atoms with Crippen LogP contribution in [0.15, 0.2) is 24.3 Å². The third kappa shape index (κ3) is 3.79. The molecule has 1 aliphatic rings. The minimum Gasteiger partial charge on any atom is -0.465 e. The van der Waals surface area contributed by atoms with E-state index in [1.807, 2.05) is 0 Å². The van der Waals surface area contributed by atoms with E-state index in [2.05, 4.69) is 5.10 Å². The van der Waals surface area contributed by atoms with Crippen LogP contribution in [0.1, 0.15) is 16.8 Å². The SMILES string of the molecule is O=C(O)N1CCc2nn(Cc3c(F)c(F)c(F)c(F)c3F)c(-c3ccc(Cl)cc3)c2CC1. The van der Waals surface area contributed by atoms with E-state index in [-0.39, 0.29) is 25.9 Å². The Labute approximate surface area is 183 Å². The minimum atomic E-state index is -2.23. The normalized spacial score (nSPS) is 13.8. The Morgan fingerprint density at radius 2 is 1.50 bits per heavy atom. The molecule has 0 bridgehead atoms. The van der Waals surface area contributed by atoms with Crippen LogP contribution in [0.25, 0.3) is 11.3 Å². The summed E-state index contributed by atoms with van der Waals surface area (Å²) in [5, 5.41) is 14.1. The molecule has 1 amide bonds. The number of hydrogen-bond donors (Lipinski definition) is 1. The van der Waals surface area contributed by atoms with Gasteiger partial charge >= 0.3 is 6.09 Å². The Hall–Kier alpha value is -3.14. The highest BCUT2D eigenvalue weighted by atomic mass is 35.5. The smallest absolute Gasteiger partial charge is 0.407 e. The van der Waals surface area contributed by atoms with Gasteiger partial charge in [-0.15, -0.1) is 0 Å². The summed E-state index contributed by atoms with van der Waals surface area (Å²) in [6.07, 6.45) is -0.597. The van der Waals surface area contributed by atoms with Crippen molar-refractivity contribution in [3.8, 4) is 11.3 Å². The lowest BCUT2D eigenvalue weighted by Crippen LogP contribution is -2.31. The Kier molecular flexibility index (Phi) is 5.81. The number of nitrogens with zero attached hydrogens (tertiary/aromatic N) is 3. The molecule has 1 N–H and O–H groups in total. The number of halogens is 6. The lowest BCUT2D eigenvalue weighted by Gasteiger charge is -2.16. The van der Waals surface area contributed by atoms with Crippen LogP contribution < -0.4 is 0 Å². The first-order valence-corrected chi connectivity index (χ1v) is 9.89. The molecule has 0 radical (unpaired) electrons. The first kappa shape index (κ1) is 22.1. The summed E-state index contributed by atoms with van der Waals surface area (Å²) in [6, 6.07) is 6.43. The van der Waals surface area contributed by atoms with Crippen molar-refractivity contribution >= 4 is 17.7 Å². The number of aromatic nitrogens is 2. The maximum Gasteiger partial charge on any atom is 0.407 e. The molecule has 5 nitrogen and oxygen atoms in total. The molecule has 0 spiro atoms. The number of fused-ring (bicyclic) bond motifs is 1. The first-order chi connectivity index (χ1) is 15.2. The average molecular weight is 472 g/mol. The molecule has 0 fully saturated rings. The van der Waals surface area contributed by atoms with Crippen molar-refractivity contribution in [1.82, 2.24) is 14.7 Å². The van der Waals surface area contributed by atoms with Crippen LogP contribution in [-0.4, -0.2) is 39.0 Å². The molecule has 0 saturated heterocycles. The summed E-state index contributed by atoms with van der Waals surface area (Å²) >= 11 is 5.94. The second kappa shape index (κ2) is 8.42. The van der Waals surface area contributed by atoms with E-state index in [0.29, 0.717) is 27.5 Å². The van der Waals surface area contributed by atoms with Gasteiger partial charge in [0, 0.05) is 35.7 Å². The number of amides is 1. The summed E-state index contributed by atoms with van der Waals surface area (Å²) in [6.45, 7) is -0.390. The minimum absolute atomic E-state index is 0.155. The van der Waals surface area contributed by atoms with Crippen LogP contribution in [0.4, 0.5) is 26.7 Å².